The zero-order valence-corrected chi connectivity index (χ0v) is 18.3. The molecule has 0 bridgehead atoms. The lowest BCUT2D eigenvalue weighted by Gasteiger charge is -2.30. The number of imidazole rings is 1. The van der Waals surface area contributed by atoms with Gasteiger partial charge in [-0.3, -0.25) is 4.79 Å². The highest BCUT2D eigenvalue weighted by molar-refractivity contribution is 5.93. The summed E-state index contributed by atoms with van der Waals surface area (Å²) in [5, 5.41) is 0. The van der Waals surface area contributed by atoms with Gasteiger partial charge in [0, 0.05) is 31.9 Å². The van der Waals surface area contributed by atoms with Crippen LogP contribution in [0.5, 0.6) is 5.75 Å². The van der Waals surface area contributed by atoms with E-state index in [4.69, 9.17) is 9.15 Å². The zero-order valence-electron chi connectivity index (χ0n) is 18.3. The number of aryl methyl sites for hydroxylation is 1. The second-order valence-corrected chi connectivity index (χ2v) is 8.33. The number of ether oxygens (including phenoxy) is 1. The summed E-state index contributed by atoms with van der Waals surface area (Å²) < 4.78 is 13.3. The van der Waals surface area contributed by atoms with Crippen LogP contribution in [0.3, 0.4) is 0 Å². The number of oxazole rings is 1. The van der Waals surface area contributed by atoms with Crippen LogP contribution < -0.4 is 4.74 Å². The van der Waals surface area contributed by atoms with E-state index in [9.17, 15) is 4.79 Å². The fraction of sp³-hybridized carbons (Fsp3) is 0.320. The van der Waals surface area contributed by atoms with Gasteiger partial charge in [-0.2, -0.15) is 0 Å². The van der Waals surface area contributed by atoms with Gasteiger partial charge in [-0.1, -0.05) is 18.2 Å². The molecule has 0 aliphatic carbocycles. The Morgan fingerprint density at radius 1 is 1.28 bits per heavy atom. The fourth-order valence-corrected chi connectivity index (χ4v) is 4.36. The van der Waals surface area contributed by atoms with Crippen LogP contribution in [0.25, 0.3) is 5.65 Å². The van der Waals surface area contributed by atoms with Crippen LogP contribution in [0, 0.1) is 6.92 Å². The van der Waals surface area contributed by atoms with Gasteiger partial charge in [-0.05, 0) is 49.1 Å². The van der Waals surface area contributed by atoms with Crippen molar-refractivity contribution < 1.29 is 13.9 Å². The minimum absolute atomic E-state index is 0.0408. The molecule has 32 heavy (non-hydrogen) atoms. The van der Waals surface area contributed by atoms with Gasteiger partial charge in [0.2, 0.25) is 0 Å². The normalized spacial score (nSPS) is 16.4. The third-order valence-corrected chi connectivity index (χ3v) is 6.04. The second-order valence-electron chi connectivity index (χ2n) is 8.33. The molecule has 164 valence electrons. The molecule has 3 aromatic heterocycles. The third-order valence-electron chi connectivity index (χ3n) is 6.04. The van der Waals surface area contributed by atoms with Crippen LogP contribution in [-0.2, 0) is 6.42 Å². The van der Waals surface area contributed by atoms with Crippen molar-refractivity contribution in [1.82, 2.24) is 19.3 Å². The molecule has 0 saturated carbocycles. The Bertz CT molecular complexity index is 1260. The van der Waals surface area contributed by atoms with Crippen molar-refractivity contribution in [2.24, 2.45) is 0 Å². The Labute approximate surface area is 186 Å². The number of benzene rings is 1. The molecule has 4 aromatic rings. The average Bonchev–Trinajstić information content (AvgIpc) is 3.47. The van der Waals surface area contributed by atoms with Crippen molar-refractivity contribution in [1.29, 1.82) is 0 Å². The smallest absolute Gasteiger partial charge is 0.274 e. The van der Waals surface area contributed by atoms with E-state index in [-0.39, 0.29) is 11.8 Å². The number of carbonyl (C=O) groups is 1. The molecule has 4 heterocycles. The fourth-order valence-electron chi connectivity index (χ4n) is 4.36. The summed E-state index contributed by atoms with van der Waals surface area (Å²) in [5.74, 6) is 2.39. The van der Waals surface area contributed by atoms with E-state index < -0.39 is 0 Å². The van der Waals surface area contributed by atoms with E-state index in [2.05, 4.69) is 9.97 Å². The number of rotatable bonds is 5. The summed E-state index contributed by atoms with van der Waals surface area (Å²) in [7, 11) is 1.66. The van der Waals surface area contributed by atoms with Crippen LogP contribution in [0.2, 0.25) is 0 Å². The number of likely N-dealkylation sites (tertiary alicyclic amines) is 1. The van der Waals surface area contributed by atoms with Gasteiger partial charge in [0.1, 0.15) is 22.9 Å². The van der Waals surface area contributed by atoms with Crippen LogP contribution in [0.1, 0.15) is 52.0 Å². The maximum atomic E-state index is 13.2. The molecule has 5 rings (SSSR count). The number of hydrogen-bond acceptors (Lipinski definition) is 5. The molecular formula is C25H26N4O3. The molecule has 1 aliphatic heterocycles. The molecule has 1 aliphatic rings. The van der Waals surface area contributed by atoms with Crippen molar-refractivity contribution >= 4 is 11.6 Å². The first-order valence-corrected chi connectivity index (χ1v) is 10.9. The molecule has 1 saturated heterocycles. The number of aromatic nitrogens is 3. The van der Waals surface area contributed by atoms with Crippen molar-refractivity contribution in [2.45, 2.75) is 32.1 Å². The second kappa shape index (κ2) is 8.49. The topological polar surface area (TPSA) is 72.9 Å². The Kier molecular flexibility index (Phi) is 5.39. The number of fused-ring (bicyclic) bond motifs is 1. The van der Waals surface area contributed by atoms with E-state index in [1.807, 2.05) is 65.0 Å². The standard InChI is InChI=1S/C25H26N4O3/c1-17-6-4-10-28-16-22(27-23(17)28)25(30)29-11-5-8-19(15-29)24-26-14-21(32-24)13-18-7-3-9-20(12-18)31-2/h3-4,6-7,9-10,12,14,16,19H,5,8,11,13,15H2,1-2H3. The van der Waals surface area contributed by atoms with Gasteiger partial charge in [-0.25, -0.2) is 9.97 Å². The van der Waals surface area contributed by atoms with Crippen LogP contribution in [-0.4, -0.2) is 45.4 Å². The number of carbonyl (C=O) groups excluding carboxylic acids is 1. The first-order valence-electron chi connectivity index (χ1n) is 10.9. The predicted octanol–water partition coefficient (Wildman–Crippen LogP) is 4.25. The van der Waals surface area contributed by atoms with E-state index in [1.165, 1.54) is 0 Å². The lowest BCUT2D eigenvalue weighted by Crippen LogP contribution is -2.39. The van der Waals surface area contributed by atoms with Gasteiger partial charge in [0.25, 0.3) is 5.91 Å². The number of methoxy groups -OCH3 is 1. The lowest BCUT2D eigenvalue weighted by atomic mass is 9.98. The Morgan fingerprint density at radius 2 is 2.19 bits per heavy atom. The minimum atomic E-state index is -0.0408. The van der Waals surface area contributed by atoms with Crippen molar-refractivity contribution in [3.63, 3.8) is 0 Å². The van der Waals surface area contributed by atoms with E-state index >= 15 is 0 Å². The monoisotopic (exact) mass is 430 g/mol. The highest BCUT2D eigenvalue weighted by atomic mass is 16.5. The SMILES string of the molecule is COc1cccc(Cc2cnc(C3CCCN(C(=O)c4cn5cccc(C)c5n4)C3)o2)c1. The summed E-state index contributed by atoms with van der Waals surface area (Å²) in [5.41, 5.74) is 3.45. The minimum Gasteiger partial charge on any atom is -0.497 e. The number of amides is 1. The molecule has 1 amide bonds. The summed E-state index contributed by atoms with van der Waals surface area (Å²) in [6.45, 7) is 3.31. The van der Waals surface area contributed by atoms with Gasteiger partial charge < -0.3 is 18.5 Å². The molecule has 1 atom stereocenters. The molecule has 0 radical (unpaired) electrons. The van der Waals surface area contributed by atoms with Gasteiger partial charge in [0.05, 0.1) is 19.2 Å². The predicted molar refractivity (Wildman–Crippen MR) is 120 cm³/mol. The van der Waals surface area contributed by atoms with Gasteiger partial charge in [0.15, 0.2) is 5.89 Å². The van der Waals surface area contributed by atoms with Crippen molar-refractivity contribution in [3.8, 4) is 5.75 Å². The highest BCUT2D eigenvalue weighted by Crippen LogP contribution is 2.28. The first kappa shape index (κ1) is 20.3. The molecular weight excluding hydrogens is 404 g/mol. The summed E-state index contributed by atoms with van der Waals surface area (Å²) in [6.07, 6.45) is 8.04. The van der Waals surface area contributed by atoms with Gasteiger partial charge >= 0.3 is 0 Å². The quantitative estimate of drug-likeness (QED) is 0.473. The average molecular weight is 431 g/mol. The molecule has 0 spiro atoms. The van der Waals surface area contributed by atoms with E-state index in [1.54, 1.807) is 13.3 Å². The largest absolute Gasteiger partial charge is 0.497 e. The van der Waals surface area contributed by atoms with Crippen LogP contribution in [0.15, 0.2) is 59.4 Å². The van der Waals surface area contributed by atoms with Gasteiger partial charge in [-0.15, -0.1) is 0 Å². The molecule has 1 fully saturated rings. The molecule has 1 unspecified atom stereocenters. The molecule has 7 nitrogen and oxygen atoms in total. The number of pyridine rings is 1. The number of piperidine rings is 1. The van der Waals surface area contributed by atoms with E-state index in [0.717, 1.165) is 47.7 Å². The maximum Gasteiger partial charge on any atom is 0.274 e. The summed E-state index contributed by atoms with van der Waals surface area (Å²) >= 11 is 0. The number of nitrogens with zero attached hydrogens (tertiary/aromatic N) is 4. The third kappa shape index (κ3) is 3.98. The van der Waals surface area contributed by atoms with Crippen LogP contribution >= 0.6 is 0 Å². The maximum absolute atomic E-state index is 13.2. The first-order chi connectivity index (χ1) is 15.6. The van der Waals surface area contributed by atoms with Crippen molar-refractivity contribution in [2.75, 3.05) is 20.2 Å². The Balaban J connectivity index is 1.29. The summed E-state index contributed by atoms with van der Waals surface area (Å²) in [4.78, 5) is 24.1. The van der Waals surface area contributed by atoms with Crippen molar-refractivity contribution in [3.05, 3.63) is 83.5 Å². The molecule has 1 aromatic carbocycles. The molecule has 0 N–H and O–H groups in total. The zero-order chi connectivity index (χ0) is 22.1. The highest BCUT2D eigenvalue weighted by Gasteiger charge is 2.29. The Hall–Kier alpha value is -3.61. The summed E-state index contributed by atoms with van der Waals surface area (Å²) in [6, 6.07) is 11.9. The van der Waals surface area contributed by atoms with Crippen LogP contribution in [0.4, 0.5) is 0 Å². The lowest BCUT2D eigenvalue weighted by molar-refractivity contribution is 0.0692. The molecule has 7 heteroatoms. The number of hydrogen-bond donors (Lipinski definition) is 0. The van der Waals surface area contributed by atoms with E-state index in [0.29, 0.717) is 24.6 Å². The Morgan fingerprint density at radius 3 is 3.03 bits per heavy atom.